The third-order valence-corrected chi connectivity index (χ3v) is 3.55. The van der Waals surface area contributed by atoms with Crippen molar-refractivity contribution in [3.05, 3.63) is 66.4 Å². The summed E-state index contributed by atoms with van der Waals surface area (Å²) in [5.41, 5.74) is 1.44. The van der Waals surface area contributed by atoms with Crippen molar-refractivity contribution in [2.24, 2.45) is 0 Å². The zero-order chi connectivity index (χ0) is 15.4. The molecule has 22 heavy (non-hydrogen) atoms. The highest BCUT2D eigenvalue weighted by Gasteiger charge is 2.25. The molecule has 0 aliphatic carbocycles. The van der Waals surface area contributed by atoms with Crippen molar-refractivity contribution >= 4 is 11.0 Å². The van der Waals surface area contributed by atoms with E-state index in [2.05, 4.69) is 5.32 Å². The minimum atomic E-state index is -1.17. The molecule has 0 fully saturated rings. The number of halogens is 1. The Morgan fingerprint density at radius 2 is 1.91 bits per heavy atom. The van der Waals surface area contributed by atoms with Crippen molar-refractivity contribution in [3.8, 4) is 5.75 Å². The first-order valence-corrected chi connectivity index (χ1v) is 7.26. The standard InChI is InChI=1S/C18H18FNO2/c1-20-12-15(19)17(13-6-3-2-4-7-13)22-16-9-5-8-14-10-11-21-18(14)16/h2-11,15,17,20H,12H2,1H3/t15-,17-/m0/s1. The number of fused-ring (bicyclic) bond motifs is 1. The van der Waals surface area contributed by atoms with E-state index < -0.39 is 12.3 Å². The highest BCUT2D eigenvalue weighted by Crippen LogP contribution is 2.32. The van der Waals surface area contributed by atoms with Crippen LogP contribution in [0.3, 0.4) is 0 Å². The van der Waals surface area contributed by atoms with Crippen LogP contribution in [-0.4, -0.2) is 19.8 Å². The molecule has 1 N–H and O–H groups in total. The fourth-order valence-electron chi connectivity index (χ4n) is 2.49. The summed E-state index contributed by atoms with van der Waals surface area (Å²) >= 11 is 0. The van der Waals surface area contributed by atoms with Crippen LogP contribution in [0.15, 0.2) is 65.3 Å². The van der Waals surface area contributed by atoms with Gasteiger partial charge in [0, 0.05) is 11.9 Å². The molecule has 0 saturated carbocycles. The van der Waals surface area contributed by atoms with Gasteiger partial charge in [-0.3, -0.25) is 0 Å². The molecule has 4 heteroatoms. The van der Waals surface area contributed by atoms with E-state index in [1.165, 1.54) is 0 Å². The SMILES string of the molecule is CNC[C@H](F)[C@@H](Oc1cccc2ccoc12)c1ccccc1. The van der Waals surface area contributed by atoms with Gasteiger partial charge in [-0.1, -0.05) is 42.5 Å². The van der Waals surface area contributed by atoms with Crippen LogP contribution >= 0.6 is 0 Å². The van der Waals surface area contributed by atoms with Gasteiger partial charge < -0.3 is 14.5 Å². The second kappa shape index (κ2) is 6.62. The van der Waals surface area contributed by atoms with Gasteiger partial charge in [0.15, 0.2) is 23.6 Å². The van der Waals surface area contributed by atoms with Crippen molar-refractivity contribution < 1.29 is 13.5 Å². The Labute approximate surface area is 128 Å². The first-order chi connectivity index (χ1) is 10.8. The Kier molecular flexibility index (Phi) is 4.39. The molecule has 2 atom stereocenters. The molecule has 2 aromatic carbocycles. The van der Waals surface area contributed by atoms with Gasteiger partial charge in [-0.15, -0.1) is 0 Å². The van der Waals surface area contributed by atoms with Gasteiger partial charge in [0.2, 0.25) is 0 Å². The molecule has 0 amide bonds. The van der Waals surface area contributed by atoms with Gasteiger partial charge in [-0.25, -0.2) is 4.39 Å². The molecule has 3 aromatic rings. The third kappa shape index (κ3) is 2.97. The lowest BCUT2D eigenvalue weighted by atomic mass is 10.0. The number of alkyl halides is 1. The maximum absolute atomic E-state index is 14.5. The second-order valence-electron chi connectivity index (χ2n) is 5.12. The molecule has 0 bridgehead atoms. The molecule has 0 saturated heterocycles. The lowest BCUT2D eigenvalue weighted by molar-refractivity contribution is 0.101. The average Bonchev–Trinajstić information content (AvgIpc) is 3.03. The summed E-state index contributed by atoms with van der Waals surface area (Å²) < 4.78 is 26.0. The molecule has 3 rings (SSSR count). The quantitative estimate of drug-likeness (QED) is 0.744. The normalized spacial score (nSPS) is 13.9. The minimum absolute atomic E-state index is 0.216. The van der Waals surface area contributed by atoms with Gasteiger partial charge >= 0.3 is 0 Å². The van der Waals surface area contributed by atoms with Crippen LogP contribution in [0.25, 0.3) is 11.0 Å². The molecule has 0 spiro atoms. The van der Waals surface area contributed by atoms with Crippen LogP contribution in [0.4, 0.5) is 4.39 Å². The number of nitrogens with one attached hydrogen (secondary N) is 1. The lowest BCUT2D eigenvalue weighted by Crippen LogP contribution is -2.29. The summed E-state index contributed by atoms with van der Waals surface area (Å²) in [5, 5.41) is 3.80. The lowest BCUT2D eigenvalue weighted by Gasteiger charge is -2.23. The number of para-hydroxylation sites is 1. The van der Waals surface area contributed by atoms with Crippen LogP contribution in [0.1, 0.15) is 11.7 Å². The van der Waals surface area contributed by atoms with Crippen molar-refractivity contribution in [3.63, 3.8) is 0 Å². The summed E-state index contributed by atoms with van der Waals surface area (Å²) in [6.07, 6.45) is -0.253. The maximum Gasteiger partial charge on any atom is 0.175 e. The highest BCUT2D eigenvalue weighted by atomic mass is 19.1. The number of hydrogen-bond acceptors (Lipinski definition) is 3. The second-order valence-corrected chi connectivity index (χ2v) is 5.12. The molecule has 3 nitrogen and oxygen atoms in total. The van der Waals surface area contributed by atoms with Gasteiger partial charge in [0.25, 0.3) is 0 Å². The Bertz CT molecular complexity index is 726. The van der Waals surface area contributed by atoms with Crippen molar-refractivity contribution in [2.75, 3.05) is 13.6 Å². The van der Waals surface area contributed by atoms with E-state index in [1.54, 1.807) is 19.4 Å². The van der Waals surface area contributed by atoms with E-state index in [-0.39, 0.29) is 6.54 Å². The molecule has 1 heterocycles. The fraction of sp³-hybridized carbons (Fsp3) is 0.222. The first-order valence-electron chi connectivity index (χ1n) is 7.26. The summed E-state index contributed by atoms with van der Waals surface area (Å²) in [5.74, 6) is 0.551. The molecule has 0 radical (unpaired) electrons. The minimum Gasteiger partial charge on any atom is -0.479 e. The topological polar surface area (TPSA) is 34.4 Å². The molecular formula is C18H18FNO2. The Balaban J connectivity index is 1.94. The fourth-order valence-corrected chi connectivity index (χ4v) is 2.49. The summed E-state index contributed by atoms with van der Waals surface area (Å²) in [4.78, 5) is 0. The van der Waals surface area contributed by atoms with E-state index in [0.29, 0.717) is 11.3 Å². The van der Waals surface area contributed by atoms with Crippen molar-refractivity contribution in [1.29, 1.82) is 0 Å². The van der Waals surface area contributed by atoms with Crippen LogP contribution in [-0.2, 0) is 0 Å². The Morgan fingerprint density at radius 3 is 2.68 bits per heavy atom. The predicted octanol–water partition coefficient (Wildman–Crippen LogP) is 4.11. The van der Waals surface area contributed by atoms with Crippen LogP contribution in [0, 0.1) is 0 Å². The van der Waals surface area contributed by atoms with Crippen molar-refractivity contribution in [1.82, 2.24) is 5.32 Å². The molecule has 114 valence electrons. The number of hydrogen-bond donors (Lipinski definition) is 1. The van der Waals surface area contributed by atoms with E-state index >= 15 is 0 Å². The summed E-state index contributed by atoms with van der Waals surface area (Å²) in [6.45, 7) is 0.216. The van der Waals surface area contributed by atoms with E-state index in [1.807, 2.05) is 48.5 Å². The van der Waals surface area contributed by atoms with Gasteiger partial charge in [-0.2, -0.15) is 0 Å². The Hall–Kier alpha value is -2.33. The van der Waals surface area contributed by atoms with Gasteiger partial charge in [0.05, 0.1) is 6.26 Å². The molecule has 0 aliphatic rings. The largest absolute Gasteiger partial charge is 0.479 e. The number of ether oxygens (including phenoxy) is 1. The number of benzene rings is 2. The highest BCUT2D eigenvalue weighted by molar-refractivity contribution is 5.82. The van der Waals surface area contributed by atoms with Crippen molar-refractivity contribution in [2.45, 2.75) is 12.3 Å². The zero-order valence-corrected chi connectivity index (χ0v) is 12.3. The van der Waals surface area contributed by atoms with Crippen LogP contribution in [0.2, 0.25) is 0 Å². The molecule has 1 aromatic heterocycles. The Morgan fingerprint density at radius 1 is 1.09 bits per heavy atom. The maximum atomic E-state index is 14.5. The third-order valence-electron chi connectivity index (χ3n) is 3.55. The zero-order valence-electron chi connectivity index (χ0n) is 12.3. The average molecular weight is 299 g/mol. The van der Waals surface area contributed by atoms with Gasteiger partial charge in [0.1, 0.15) is 0 Å². The van der Waals surface area contributed by atoms with E-state index in [9.17, 15) is 4.39 Å². The summed E-state index contributed by atoms with van der Waals surface area (Å²) in [6, 6.07) is 16.9. The smallest absolute Gasteiger partial charge is 0.175 e. The van der Waals surface area contributed by atoms with E-state index in [0.717, 1.165) is 10.9 Å². The van der Waals surface area contributed by atoms with Gasteiger partial charge in [-0.05, 0) is 24.7 Å². The number of furan rings is 1. The summed E-state index contributed by atoms with van der Waals surface area (Å²) in [7, 11) is 1.72. The van der Waals surface area contributed by atoms with Crippen LogP contribution < -0.4 is 10.1 Å². The molecular weight excluding hydrogens is 281 g/mol. The monoisotopic (exact) mass is 299 g/mol. The molecule has 0 unspecified atom stereocenters. The molecule has 0 aliphatic heterocycles. The number of rotatable bonds is 6. The van der Waals surface area contributed by atoms with Crippen LogP contribution in [0.5, 0.6) is 5.75 Å². The van der Waals surface area contributed by atoms with E-state index in [4.69, 9.17) is 9.15 Å². The predicted molar refractivity (Wildman–Crippen MR) is 84.8 cm³/mol. The first kappa shape index (κ1) is 14.6.